The van der Waals surface area contributed by atoms with E-state index in [0.29, 0.717) is 5.75 Å². The Balaban J connectivity index is 1.52. The summed E-state index contributed by atoms with van der Waals surface area (Å²) in [4.78, 5) is 9.94. The van der Waals surface area contributed by atoms with E-state index in [0.717, 1.165) is 50.0 Å². The number of aliphatic imine (C=N–C) groups is 1. The largest absolute Gasteiger partial charge is 0.504 e. The van der Waals surface area contributed by atoms with Gasteiger partial charge < -0.3 is 25.0 Å². The predicted molar refractivity (Wildman–Crippen MR) is 114 cm³/mol. The first-order valence-corrected chi connectivity index (χ1v) is 10.8. The maximum absolute atomic E-state index is 9.73. The summed E-state index contributed by atoms with van der Waals surface area (Å²) in [5.74, 6) is 2.49. The number of ether oxygens (including phenoxy) is 1. The molecular formula is C22H36N4O2. The van der Waals surface area contributed by atoms with Crippen LogP contribution in [-0.2, 0) is 6.42 Å². The molecule has 0 bridgehead atoms. The van der Waals surface area contributed by atoms with E-state index in [2.05, 4.69) is 22.0 Å². The van der Waals surface area contributed by atoms with Crippen molar-refractivity contribution in [1.82, 2.24) is 15.1 Å². The number of guanidine groups is 1. The molecule has 1 aromatic rings. The molecule has 0 amide bonds. The highest BCUT2D eigenvalue weighted by molar-refractivity contribution is 5.80. The number of hydrogen-bond acceptors (Lipinski definition) is 4. The summed E-state index contributed by atoms with van der Waals surface area (Å²) in [5.41, 5.74) is 1.12. The fraction of sp³-hybridized carbons (Fsp3) is 0.682. The summed E-state index contributed by atoms with van der Waals surface area (Å²) in [5, 5.41) is 13.2. The molecule has 28 heavy (non-hydrogen) atoms. The fourth-order valence-electron chi connectivity index (χ4n) is 4.28. The van der Waals surface area contributed by atoms with Crippen molar-refractivity contribution in [3.63, 3.8) is 0 Å². The van der Waals surface area contributed by atoms with Gasteiger partial charge in [-0.1, -0.05) is 12.5 Å². The number of nitrogens with one attached hydrogen (secondary N) is 1. The van der Waals surface area contributed by atoms with Crippen molar-refractivity contribution in [2.75, 3.05) is 52.9 Å². The number of piperidine rings is 1. The summed E-state index contributed by atoms with van der Waals surface area (Å²) in [7, 11) is 1.58. The van der Waals surface area contributed by atoms with Gasteiger partial charge in [-0.3, -0.25) is 4.99 Å². The van der Waals surface area contributed by atoms with Crippen molar-refractivity contribution >= 4 is 5.96 Å². The van der Waals surface area contributed by atoms with Crippen LogP contribution in [0.4, 0.5) is 0 Å². The van der Waals surface area contributed by atoms with Crippen molar-refractivity contribution < 1.29 is 9.84 Å². The highest BCUT2D eigenvalue weighted by atomic mass is 16.5. The first-order valence-electron chi connectivity index (χ1n) is 10.8. The van der Waals surface area contributed by atoms with Crippen molar-refractivity contribution in [2.24, 2.45) is 10.9 Å². The van der Waals surface area contributed by atoms with Crippen molar-refractivity contribution in [3.05, 3.63) is 23.8 Å². The Morgan fingerprint density at radius 3 is 2.82 bits per heavy atom. The van der Waals surface area contributed by atoms with E-state index in [-0.39, 0.29) is 5.75 Å². The predicted octanol–water partition coefficient (Wildman–Crippen LogP) is 2.72. The number of hydrogen-bond donors (Lipinski definition) is 2. The van der Waals surface area contributed by atoms with Gasteiger partial charge >= 0.3 is 0 Å². The van der Waals surface area contributed by atoms with Gasteiger partial charge in [0.25, 0.3) is 0 Å². The molecule has 0 spiro atoms. The second-order valence-corrected chi connectivity index (χ2v) is 7.95. The third kappa shape index (κ3) is 5.77. The second kappa shape index (κ2) is 10.6. The molecule has 0 saturated carbocycles. The lowest BCUT2D eigenvalue weighted by molar-refractivity contribution is 0.198. The SMILES string of the molecule is CCNC(=NCCc1ccc(O)c(OC)c1)N1CCC(CN2CCCCC2)C1. The van der Waals surface area contributed by atoms with Gasteiger partial charge in [-0.2, -0.15) is 0 Å². The quantitative estimate of drug-likeness (QED) is 0.556. The number of nitrogens with zero attached hydrogens (tertiary/aromatic N) is 3. The molecule has 2 saturated heterocycles. The molecule has 6 nitrogen and oxygen atoms in total. The number of aromatic hydroxyl groups is 1. The Bertz CT molecular complexity index is 643. The summed E-state index contributed by atoms with van der Waals surface area (Å²) in [6, 6.07) is 5.52. The lowest BCUT2D eigenvalue weighted by Gasteiger charge is -2.29. The normalized spacial score (nSPS) is 21.1. The Morgan fingerprint density at radius 2 is 2.07 bits per heavy atom. The van der Waals surface area contributed by atoms with E-state index < -0.39 is 0 Å². The molecule has 2 heterocycles. The first kappa shape index (κ1) is 20.8. The number of likely N-dealkylation sites (tertiary alicyclic amines) is 2. The number of benzene rings is 1. The Kier molecular flexibility index (Phi) is 7.83. The molecule has 1 unspecified atom stereocenters. The molecule has 0 aliphatic carbocycles. The molecule has 2 aliphatic rings. The third-order valence-electron chi connectivity index (χ3n) is 5.79. The molecular weight excluding hydrogens is 352 g/mol. The zero-order valence-corrected chi connectivity index (χ0v) is 17.5. The van der Waals surface area contributed by atoms with Gasteiger partial charge in [-0.25, -0.2) is 0 Å². The zero-order chi connectivity index (χ0) is 19.8. The maximum Gasteiger partial charge on any atom is 0.193 e. The van der Waals surface area contributed by atoms with Gasteiger partial charge in [0.2, 0.25) is 0 Å². The van der Waals surface area contributed by atoms with E-state index in [1.807, 2.05) is 12.1 Å². The lowest BCUT2D eigenvalue weighted by atomic mass is 10.1. The molecule has 2 fully saturated rings. The minimum atomic E-state index is 0.180. The van der Waals surface area contributed by atoms with Crippen LogP contribution in [-0.4, -0.2) is 73.8 Å². The van der Waals surface area contributed by atoms with Crippen LogP contribution in [0.1, 0.15) is 38.2 Å². The van der Waals surface area contributed by atoms with Crippen molar-refractivity contribution in [3.8, 4) is 11.5 Å². The second-order valence-electron chi connectivity index (χ2n) is 7.95. The minimum Gasteiger partial charge on any atom is -0.504 e. The van der Waals surface area contributed by atoms with Gasteiger partial charge in [-0.05, 0) is 69.3 Å². The minimum absolute atomic E-state index is 0.180. The van der Waals surface area contributed by atoms with E-state index in [1.165, 1.54) is 45.3 Å². The molecule has 6 heteroatoms. The Morgan fingerprint density at radius 1 is 1.25 bits per heavy atom. The summed E-state index contributed by atoms with van der Waals surface area (Å²) in [6.07, 6.45) is 6.22. The highest BCUT2D eigenvalue weighted by Gasteiger charge is 2.26. The van der Waals surface area contributed by atoms with Crippen LogP contribution in [0.3, 0.4) is 0 Å². The Labute approximate surface area is 169 Å². The lowest BCUT2D eigenvalue weighted by Crippen LogP contribution is -2.41. The number of rotatable bonds is 7. The molecule has 1 atom stereocenters. The van der Waals surface area contributed by atoms with Crippen LogP contribution in [0.25, 0.3) is 0 Å². The molecule has 2 aliphatic heterocycles. The monoisotopic (exact) mass is 388 g/mol. The molecule has 156 valence electrons. The van der Waals surface area contributed by atoms with E-state index in [1.54, 1.807) is 13.2 Å². The van der Waals surface area contributed by atoms with Crippen LogP contribution < -0.4 is 10.1 Å². The summed E-state index contributed by atoms with van der Waals surface area (Å²) >= 11 is 0. The van der Waals surface area contributed by atoms with Crippen LogP contribution in [0, 0.1) is 5.92 Å². The summed E-state index contributed by atoms with van der Waals surface area (Å²) < 4.78 is 5.20. The summed E-state index contributed by atoms with van der Waals surface area (Å²) in [6.45, 7) is 9.74. The van der Waals surface area contributed by atoms with Gasteiger partial charge in [-0.15, -0.1) is 0 Å². The van der Waals surface area contributed by atoms with Crippen molar-refractivity contribution in [1.29, 1.82) is 0 Å². The average molecular weight is 389 g/mol. The highest BCUT2D eigenvalue weighted by Crippen LogP contribution is 2.26. The fourth-order valence-corrected chi connectivity index (χ4v) is 4.28. The van der Waals surface area contributed by atoms with E-state index in [9.17, 15) is 5.11 Å². The van der Waals surface area contributed by atoms with Crippen LogP contribution in [0.15, 0.2) is 23.2 Å². The third-order valence-corrected chi connectivity index (χ3v) is 5.79. The van der Waals surface area contributed by atoms with Gasteiger partial charge in [0, 0.05) is 32.7 Å². The molecule has 0 radical (unpaired) electrons. The smallest absolute Gasteiger partial charge is 0.193 e. The number of methoxy groups -OCH3 is 1. The molecule has 2 N–H and O–H groups in total. The van der Waals surface area contributed by atoms with Crippen molar-refractivity contribution in [2.45, 2.75) is 39.0 Å². The van der Waals surface area contributed by atoms with Gasteiger partial charge in [0.1, 0.15) is 0 Å². The Hall–Kier alpha value is -1.95. The maximum atomic E-state index is 9.73. The molecule has 0 aromatic heterocycles. The van der Waals surface area contributed by atoms with Gasteiger partial charge in [0.15, 0.2) is 17.5 Å². The van der Waals surface area contributed by atoms with Crippen LogP contribution in [0.2, 0.25) is 0 Å². The standard InChI is InChI=1S/C22H36N4O2/c1-3-23-22(24-11-9-18-7-8-20(27)21(15-18)28-2)26-14-10-19(17-26)16-25-12-5-4-6-13-25/h7-8,15,19,27H,3-6,9-14,16-17H2,1-2H3,(H,23,24). The van der Waals surface area contributed by atoms with Gasteiger partial charge in [0.05, 0.1) is 7.11 Å². The topological polar surface area (TPSA) is 60.3 Å². The molecule has 1 aromatic carbocycles. The number of phenolic OH excluding ortho intramolecular Hbond substituents is 1. The van der Waals surface area contributed by atoms with E-state index >= 15 is 0 Å². The number of phenols is 1. The average Bonchev–Trinajstić information content (AvgIpc) is 3.17. The zero-order valence-electron chi connectivity index (χ0n) is 17.5. The van der Waals surface area contributed by atoms with Crippen LogP contribution >= 0.6 is 0 Å². The first-order chi connectivity index (χ1) is 13.7. The van der Waals surface area contributed by atoms with E-state index in [4.69, 9.17) is 9.73 Å². The van der Waals surface area contributed by atoms with Crippen LogP contribution in [0.5, 0.6) is 11.5 Å². The molecule has 3 rings (SSSR count).